The van der Waals surface area contributed by atoms with Crippen molar-refractivity contribution in [2.24, 2.45) is 0 Å². The largest absolute Gasteiger partial charge is 0.452 e. The van der Waals surface area contributed by atoms with E-state index in [9.17, 15) is 27.0 Å². The van der Waals surface area contributed by atoms with Gasteiger partial charge < -0.3 is 10.1 Å². The lowest BCUT2D eigenvalue weighted by Gasteiger charge is -2.13. The molecule has 0 aliphatic heterocycles. The van der Waals surface area contributed by atoms with Crippen LogP contribution in [0.5, 0.6) is 0 Å². The summed E-state index contributed by atoms with van der Waals surface area (Å²) in [6, 6.07) is 10.2. The highest BCUT2D eigenvalue weighted by atomic mass is 32.2. The fraction of sp³-hybridized carbons (Fsp3) is 0.176. The SMILES string of the molecule is C[S@@](=O)c1ccc(C(=O)OCC(=O)Nc2ccccc2C(F)(F)F)cc1. The molecule has 0 fully saturated rings. The predicted molar refractivity (Wildman–Crippen MR) is 89.1 cm³/mol. The number of para-hydroxylation sites is 1. The molecule has 0 aliphatic rings. The Labute approximate surface area is 149 Å². The number of carbonyl (C=O) groups is 2. The van der Waals surface area contributed by atoms with Crippen molar-refractivity contribution >= 4 is 28.4 Å². The number of amides is 1. The van der Waals surface area contributed by atoms with E-state index in [-0.39, 0.29) is 5.56 Å². The van der Waals surface area contributed by atoms with Crippen molar-refractivity contribution in [1.29, 1.82) is 0 Å². The molecule has 0 heterocycles. The molecule has 0 unspecified atom stereocenters. The van der Waals surface area contributed by atoms with Crippen molar-refractivity contribution in [2.75, 3.05) is 18.2 Å². The summed E-state index contributed by atoms with van der Waals surface area (Å²) in [7, 11) is -1.20. The summed E-state index contributed by atoms with van der Waals surface area (Å²) < 4.78 is 54.7. The Kier molecular flexibility index (Phi) is 6.14. The van der Waals surface area contributed by atoms with Gasteiger partial charge in [0.15, 0.2) is 6.61 Å². The Morgan fingerprint density at radius 3 is 2.27 bits per heavy atom. The zero-order valence-electron chi connectivity index (χ0n) is 13.5. The van der Waals surface area contributed by atoms with Crippen molar-refractivity contribution in [3.05, 3.63) is 59.7 Å². The van der Waals surface area contributed by atoms with Crippen LogP contribution in [-0.4, -0.2) is 28.9 Å². The number of esters is 1. The second-order valence-corrected chi connectivity index (χ2v) is 6.53. The number of nitrogens with one attached hydrogen (secondary N) is 1. The zero-order valence-corrected chi connectivity index (χ0v) is 14.3. The van der Waals surface area contributed by atoms with E-state index < -0.39 is 46.7 Å². The van der Waals surface area contributed by atoms with Crippen LogP contribution in [0.4, 0.5) is 18.9 Å². The maximum atomic E-state index is 12.9. The molecule has 5 nitrogen and oxygen atoms in total. The second-order valence-electron chi connectivity index (χ2n) is 5.15. The van der Waals surface area contributed by atoms with Crippen LogP contribution >= 0.6 is 0 Å². The van der Waals surface area contributed by atoms with Gasteiger partial charge in [-0.2, -0.15) is 13.2 Å². The highest BCUT2D eigenvalue weighted by Gasteiger charge is 2.33. The molecule has 1 amide bonds. The topological polar surface area (TPSA) is 72.5 Å². The molecule has 0 radical (unpaired) electrons. The minimum atomic E-state index is -4.62. The van der Waals surface area contributed by atoms with Gasteiger partial charge in [0.05, 0.1) is 16.8 Å². The number of anilines is 1. The van der Waals surface area contributed by atoms with Gasteiger partial charge in [-0.25, -0.2) is 4.79 Å². The van der Waals surface area contributed by atoms with Gasteiger partial charge in [-0.15, -0.1) is 0 Å². The molecular weight excluding hydrogens is 371 g/mol. The first-order valence-electron chi connectivity index (χ1n) is 7.25. The molecule has 9 heteroatoms. The van der Waals surface area contributed by atoms with Gasteiger partial charge in [0, 0.05) is 22.0 Å². The Morgan fingerprint density at radius 2 is 1.69 bits per heavy atom. The summed E-state index contributed by atoms with van der Waals surface area (Å²) in [6.45, 7) is -0.744. The average molecular weight is 385 g/mol. The van der Waals surface area contributed by atoms with Crippen molar-refractivity contribution < 1.29 is 31.7 Å². The summed E-state index contributed by atoms with van der Waals surface area (Å²) >= 11 is 0. The Balaban J connectivity index is 1.97. The molecule has 0 aliphatic carbocycles. The van der Waals surface area contributed by atoms with E-state index in [0.717, 1.165) is 12.1 Å². The van der Waals surface area contributed by atoms with Crippen LogP contribution in [0.1, 0.15) is 15.9 Å². The second kappa shape index (κ2) is 8.13. The third kappa shape index (κ3) is 5.16. The maximum Gasteiger partial charge on any atom is 0.418 e. The monoisotopic (exact) mass is 385 g/mol. The molecule has 2 rings (SSSR count). The fourth-order valence-corrected chi connectivity index (χ4v) is 2.54. The van der Waals surface area contributed by atoms with Gasteiger partial charge in [-0.1, -0.05) is 12.1 Å². The number of halogens is 3. The van der Waals surface area contributed by atoms with E-state index in [4.69, 9.17) is 4.74 Å². The number of hydrogen-bond donors (Lipinski definition) is 1. The number of alkyl halides is 3. The first-order valence-corrected chi connectivity index (χ1v) is 8.81. The molecule has 0 saturated heterocycles. The number of rotatable bonds is 5. The first kappa shape index (κ1) is 19.6. The number of benzene rings is 2. The van der Waals surface area contributed by atoms with Gasteiger partial charge in [-0.05, 0) is 36.4 Å². The molecule has 1 atom stereocenters. The molecule has 0 saturated carbocycles. The summed E-state index contributed by atoms with van der Waals surface area (Å²) in [5, 5.41) is 2.07. The van der Waals surface area contributed by atoms with Crippen molar-refractivity contribution in [3.8, 4) is 0 Å². The number of hydrogen-bond acceptors (Lipinski definition) is 4. The highest BCUT2D eigenvalue weighted by Crippen LogP contribution is 2.34. The average Bonchev–Trinajstić information content (AvgIpc) is 2.59. The number of ether oxygens (including phenoxy) is 1. The quantitative estimate of drug-likeness (QED) is 0.802. The Hall–Kier alpha value is -2.68. The lowest BCUT2D eigenvalue weighted by molar-refractivity contribution is -0.137. The van der Waals surface area contributed by atoms with E-state index in [2.05, 4.69) is 5.32 Å². The lowest BCUT2D eigenvalue weighted by Crippen LogP contribution is -2.22. The molecule has 0 spiro atoms. The summed E-state index contributed by atoms with van der Waals surface area (Å²) in [5.41, 5.74) is -1.29. The van der Waals surface area contributed by atoms with E-state index >= 15 is 0 Å². The van der Waals surface area contributed by atoms with Gasteiger partial charge in [0.25, 0.3) is 5.91 Å². The third-order valence-corrected chi connectivity index (χ3v) is 4.20. The molecular formula is C17H14F3NO4S. The standard InChI is InChI=1S/C17H14F3NO4S/c1-26(24)12-8-6-11(7-9-12)16(23)25-10-15(22)21-14-5-3-2-4-13(14)17(18,19)20/h2-9H,10H2,1H3,(H,21,22)/t26-/m1/s1. The minimum absolute atomic E-state index is 0.127. The summed E-state index contributed by atoms with van der Waals surface area (Å²) in [6.07, 6.45) is -3.14. The minimum Gasteiger partial charge on any atom is -0.452 e. The van der Waals surface area contributed by atoms with Crippen LogP contribution in [0.2, 0.25) is 0 Å². The van der Waals surface area contributed by atoms with E-state index in [0.29, 0.717) is 4.90 Å². The molecule has 0 aromatic heterocycles. The maximum absolute atomic E-state index is 12.9. The van der Waals surface area contributed by atoms with Crippen LogP contribution in [-0.2, 0) is 26.5 Å². The zero-order chi connectivity index (χ0) is 19.3. The molecule has 26 heavy (non-hydrogen) atoms. The van der Waals surface area contributed by atoms with Gasteiger partial charge in [0.1, 0.15) is 0 Å². The third-order valence-electron chi connectivity index (χ3n) is 3.26. The van der Waals surface area contributed by atoms with Gasteiger partial charge >= 0.3 is 12.1 Å². The normalized spacial score (nSPS) is 12.3. The van der Waals surface area contributed by atoms with Crippen molar-refractivity contribution in [1.82, 2.24) is 0 Å². The number of carbonyl (C=O) groups excluding carboxylic acids is 2. The molecule has 138 valence electrons. The fourth-order valence-electron chi connectivity index (χ4n) is 2.02. The van der Waals surface area contributed by atoms with E-state index in [1.165, 1.54) is 42.7 Å². The van der Waals surface area contributed by atoms with Crippen LogP contribution in [0, 0.1) is 0 Å². The van der Waals surface area contributed by atoms with Crippen molar-refractivity contribution in [2.45, 2.75) is 11.1 Å². The predicted octanol–water partition coefficient (Wildman–Crippen LogP) is 3.24. The van der Waals surface area contributed by atoms with Gasteiger partial charge in [-0.3, -0.25) is 9.00 Å². The molecule has 1 N–H and O–H groups in total. The van der Waals surface area contributed by atoms with Crippen molar-refractivity contribution in [3.63, 3.8) is 0 Å². The Bertz CT molecular complexity index is 835. The van der Waals surface area contributed by atoms with E-state index in [1.807, 2.05) is 0 Å². The van der Waals surface area contributed by atoms with Crippen LogP contribution in [0.25, 0.3) is 0 Å². The molecule has 2 aromatic rings. The van der Waals surface area contributed by atoms with Crippen LogP contribution in [0.3, 0.4) is 0 Å². The molecule has 0 bridgehead atoms. The smallest absolute Gasteiger partial charge is 0.418 e. The summed E-state index contributed by atoms with van der Waals surface area (Å²) in [5.74, 6) is -1.72. The first-order chi connectivity index (χ1) is 12.2. The lowest BCUT2D eigenvalue weighted by atomic mass is 10.1. The highest BCUT2D eigenvalue weighted by molar-refractivity contribution is 7.84. The van der Waals surface area contributed by atoms with E-state index in [1.54, 1.807) is 0 Å². The van der Waals surface area contributed by atoms with Crippen LogP contribution < -0.4 is 5.32 Å². The van der Waals surface area contributed by atoms with Crippen LogP contribution in [0.15, 0.2) is 53.4 Å². The molecule has 2 aromatic carbocycles. The Morgan fingerprint density at radius 1 is 1.08 bits per heavy atom. The van der Waals surface area contributed by atoms with Gasteiger partial charge in [0.2, 0.25) is 0 Å². The summed E-state index contributed by atoms with van der Waals surface area (Å²) in [4.78, 5) is 24.1.